The van der Waals surface area contributed by atoms with Crippen molar-refractivity contribution in [2.24, 2.45) is 0 Å². The summed E-state index contributed by atoms with van der Waals surface area (Å²) in [6.07, 6.45) is -0.562. The van der Waals surface area contributed by atoms with E-state index in [1.807, 2.05) is 61.5 Å². The molecule has 4 atom stereocenters. The van der Waals surface area contributed by atoms with Crippen LogP contribution in [0.15, 0.2) is 54.6 Å². The maximum atomic E-state index is 12.6. The van der Waals surface area contributed by atoms with Crippen LogP contribution in [0.25, 0.3) is 0 Å². The summed E-state index contributed by atoms with van der Waals surface area (Å²) in [5.74, 6) is 0.492. The number of rotatable bonds is 5. The monoisotopic (exact) mass is 407 g/mol. The largest absolute Gasteiger partial charge is 0.423 e. The lowest BCUT2D eigenvalue weighted by atomic mass is 10.1. The third-order valence-electron chi connectivity index (χ3n) is 5.39. The molecule has 2 saturated heterocycles. The highest BCUT2D eigenvalue weighted by Crippen LogP contribution is 2.36. The number of ether oxygens (including phenoxy) is 3. The van der Waals surface area contributed by atoms with Crippen molar-refractivity contribution in [3.63, 3.8) is 0 Å². The summed E-state index contributed by atoms with van der Waals surface area (Å²) in [7, 11) is 0. The van der Waals surface area contributed by atoms with Crippen molar-refractivity contribution in [3.05, 3.63) is 65.7 Å². The van der Waals surface area contributed by atoms with Gasteiger partial charge in [0.25, 0.3) is 5.91 Å². The zero-order valence-corrected chi connectivity index (χ0v) is 16.3. The van der Waals surface area contributed by atoms with Crippen molar-refractivity contribution in [2.75, 3.05) is 13.2 Å². The molecule has 1 N–H and O–H groups in total. The molecule has 1 aromatic heterocycles. The van der Waals surface area contributed by atoms with Gasteiger partial charge in [0.05, 0.1) is 19.3 Å². The van der Waals surface area contributed by atoms with Crippen molar-refractivity contribution in [1.82, 2.24) is 25.5 Å². The second-order valence-corrected chi connectivity index (χ2v) is 7.43. The van der Waals surface area contributed by atoms with Crippen molar-refractivity contribution in [3.8, 4) is 11.8 Å². The fraction of sp³-hybridized carbons (Fsp3) is 0.333. The number of nitrogens with one attached hydrogen (secondary N) is 1. The Morgan fingerprint density at radius 3 is 2.63 bits per heavy atom. The SMILES string of the molecule is Cc1ccc(C(=O)NC2COC3C2OCC3n2nnnc2Oc2ccccc2)cc1. The van der Waals surface area contributed by atoms with Gasteiger partial charge in [-0.1, -0.05) is 41.0 Å². The van der Waals surface area contributed by atoms with E-state index in [0.29, 0.717) is 24.5 Å². The fourth-order valence-corrected chi connectivity index (χ4v) is 3.82. The molecule has 0 bridgehead atoms. The van der Waals surface area contributed by atoms with E-state index in [4.69, 9.17) is 14.2 Å². The highest BCUT2D eigenvalue weighted by atomic mass is 16.6. The minimum Gasteiger partial charge on any atom is -0.423 e. The molecule has 0 radical (unpaired) electrons. The molecule has 0 aliphatic carbocycles. The number of amides is 1. The summed E-state index contributed by atoms with van der Waals surface area (Å²) in [6.45, 7) is 2.71. The van der Waals surface area contributed by atoms with Crippen LogP contribution in [-0.4, -0.2) is 57.6 Å². The maximum Gasteiger partial charge on any atom is 0.341 e. The van der Waals surface area contributed by atoms with Gasteiger partial charge in [0.15, 0.2) is 0 Å². The Morgan fingerprint density at radius 2 is 1.83 bits per heavy atom. The smallest absolute Gasteiger partial charge is 0.341 e. The second-order valence-electron chi connectivity index (χ2n) is 7.43. The number of carbonyl (C=O) groups is 1. The predicted molar refractivity (Wildman–Crippen MR) is 105 cm³/mol. The van der Waals surface area contributed by atoms with Gasteiger partial charge in [-0.05, 0) is 41.6 Å². The normalized spacial score (nSPS) is 25.1. The number of hydrogen-bond donors (Lipinski definition) is 1. The molecule has 0 saturated carbocycles. The molecule has 30 heavy (non-hydrogen) atoms. The molecule has 2 aliphatic rings. The Labute approximate surface area is 172 Å². The second kappa shape index (κ2) is 7.85. The average Bonchev–Trinajstić information content (AvgIpc) is 3.47. The van der Waals surface area contributed by atoms with Crippen LogP contribution >= 0.6 is 0 Å². The number of aromatic nitrogens is 4. The number of aryl methyl sites for hydroxylation is 1. The van der Waals surface area contributed by atoms with Crippen molar-refractivity contribution < 1.29 is 19.0 Å². The van der Waals surface area contributed by atoms with Gasteiger partial charge in [-0.3, -0.25) is 4.79 Å². The number of carbonyl (C=O) groups excluding carboxylic acids is 1. The Balaban J connectivity index is 1.28. The average molecular weight is 407 g/mol. The number of fused-ring (bicyclic) bond motifs is 1. The topological polar surface area (TPSA) is 100 Å². The van der Waals surface area contributed by atoms with Crippen LogP contribution in [0.1, 0.15) is 22.0 Å². The molecule has 2 aromatic carbocycles. The van der Waals surface area contributed by atoms with E-state index in [-0.39, 0.29) is 36.2 Å². The molecular weight excluding hydrogens is 386 g/mol. The molecule has 9 nitrogen and oxygen atoms in total. The van der Waals surface area contributed by atoms with Gasteiger partial charge in [0.2, 0.25) is 0 Å². The van der Waals surface area contributed by atoms with Crippen LogP contribution in [0.3, 0.4) is 0 Å². The Hall–Kier alpha value is -3.30. The molecule has 4 unspecified atom stereocenters. The zero-order valence-electron chi connectivity index (χ0n) is 16.3. The molecule has 5 rings (SSSR count). The van der Waals surface area contributed by atoms with E-state index in [0.717, 1.165) is 5.56 Å². The minimum absolute atomic E-state index is 0.146. The summed E-state index contributed by atoms with van der Waals surface area (Å²) in [6, 6.07) is 16.5. The maximum absolute atomic E-state index is 12.6. The summed E-state index contributed by atoms with van der Waals surface area (Å²) >= 11 is 0. The third-order valence-corrected chi connectivity index (χ3v) is 5.39. The third kappa shape index (κ3) is 3.53. The van der Waals surface area contributed by atoms with Crippen LogP contribution in [0.5, 0.6) is 11.8 Å². The predicted octanol–water partition coefficient (Wildman–Crippen LogP) is 1.91. The first-order valence-electron chi connectivity index (χ1n) is 9.80. The summed E-state index contributed by atoms with van der Waals surface area (Å²) in [4.78, 5) is 12.6. The first kappa shape index (κ1) is 18.7. The number of tetrazole rings is 1. The Kier molecular flexibility index (Phi) is 4.89. The highest BCUT2D eigenvalue weighted by Gasteiger charge is 2.50. The lowest BCUT2D eigenvalue weighted by Gasteiger charge is -2.18. The summed E-state index contributed by atoms with van der Waals surface area (Å²) < 4.78 is 19.4. The summed E-state index contributed by atoms with van der Waals surface area (Å²) in [5, 5.41) is 14.8. The van der Waals surface area contributed by atoms with E-state index in [9.17, 15) is 4.79 Å². The quantitative estimate of drug-likeness (QED) is 0.689. The van der Waals surface area contributed by atoms with Crippen LogP contribution < -0.4 is 10.1 Å². The van der Waals surface area contributed by atoms with E-state index < -0.39 is 0 Å². The Morgan fingerprint density at radius 1 is 1.07 bits per heavy atom. The first-order valence-corrected chi connectivity index (χ1v) is 9.80. The van der Waals surface area contributed by atoms with Gasteiger partial charge in [-0.2, -0.15) is 4.68 Å². The lowest BCUT2D eigenvalue weighted by molar-refractivity contribution is 0.0606. The Bertz CT molecular complexity index is 1020. The van der Waals surface area contributed by atoms with Gasteiger partial charge in [0, 0.05) is 5.56 Å². The lowest BCUT2D eigenvalue weighted by Crippen LogP contribution is -2.44. The van der Waals surface area contributed by atoms with E-state index in [1.54, 1.807) is 4.68 Å². The van der Waals surface area contributed by atoms with E-state index in [2.05, 4.69) is 20.8 Å². The molecule has 1 amide bonds. The number of nitrogens with zero attached hydrogens (tertiary/aromatic N) is 4. The van der Waals surface area contributed by atoms with Gasteiger partial charge in [0.1, 0.15) is 24.0 Å². The number of benzene rings is 2. The number of hydrogen-bond acceptors (Lipinski definition) is 7. The van der Waals surface area contributed by atoms with Crippen molar-refractivity contribution in [1.29, 1.82) is 0 Å². The van der Waals surface area contributed by atoms with Crippen LogP contribution in [0.2, 0.25) is 0 Å². The first-order chi connectivity index (χ1) is 14.7. The van der Waals surface area contributed by atoms with Gasteiger partial charge < -0.3 is 19.5 Å². The van der Waals surface area contributed by atoms with E-state index in [1.165, 1.54) is 0 Å². The fourth-order valence-electron chi connectivity index (χ4n) is 3.82. The van der Waals surface area contributed by atoms with Gasteiger partial charge >= 0.3 is 6.01 Å². The van der Waals surface area contributed by atoms with E-state index >= 15 is 0 Å². The standard InChI is InChI=1S/C21H21N5O4/c1-13-7-9-14(10-8-13)20(27)22-16-11-28-19-17(12-29-18(16)19)26-21(23-24-25-26)30-15-5-3-2-4-6-15/h2-10,16-19H,11-12H2,1H3,(H,22,27). The molecule has 2 aliphatic heterocycles. The van der Waals surface area contributed by atoms with Crippen LogP contribution in [-0.2, 0) is 9.47 Å². The highest BCUT2D eigenvalue weighted by molar-refractivity contribution is 5.94. The number of para-hydroxylation sites is 1. The minimum atomic E-state index is -0.282. The van der Waals surface area contributed by atoms with Crippen LogP contribution in [0, 0.1) is 6.92 Å². The summed E-state index contributed by atoms with van der Waals surface area (Å²) in [5.41, 5.74) is 1.71. The van der Waals surface area contributed by atoms with Crippen LogP contribution in [0.4, 0.5) is 0 Å². The van der Waals surface area contributed by atoms with Gasteiger partial charge in [-0.15, -0.1) is 0 Å². The molecule has 0 spiro atoms. The zero-order chi connectivity index (χ0) is 20.5. The molecule has 3 heterocycles. The van der Waals surface area contributed by atoms with Crippen molar-refractivity contribution >= 4 is 5.91 Å². The van der Waals surface area contributed by atoms with Crippen molar-refractivity contribution in [2.45, 2.75) is 31.2 Å². The molecule has 2 fully saturated rings. The molecule has 9 heteroatoms. The molecule has 154 valence electrons. The molecule has 3 aromatic rings. The van der Waals surface area contributed by atoms with Gasteiger partial charge in [-0.25, -0.2) is 0 Å². The molecular formula is C21H21N5O4.